The molecule has 1 amide bonds. The monoisotopic (exact) mass is 343 g/mol. The maximum atomic E-state index is 12.2. The molecule has 1 aromatic rings. The Morgan fingerprint density at radius 3 is 2.84 bits per heavy atom. The van der Waals surface area contributed by atoms with Gasteiger partial charge in [0.15, 0.2) is 0 Å². The van der Waals surface area contributed by atoms with Crippen molar-refractivity contribution >= 4 is 5.91 Å². The highest BCUT2D eigenvalue weighted by atomic mass is 16.1. The van der Waals surface area contributed by atoms with Crippen molar-refractivity contribution in [3.63, 3.8) is 0 Å². The van der Waals surface area contributed by atoms with Gasteiger partial charge in [0.25, 0.3) is 0 Å². The fourth-order valence-electron chi connectivity index (χ4n) is 4.22. The van der Waals surface area contributed by atoms with E-state index in [0.717, 1.165) is 52.1 Å². The Balaban J connectivity index is 1.30. The van der Waals surface area contributed by atoms with E-state index in [0.29, 0.717) is 18.3 Å². The Hall–Kier alpha value is -1.39. The number of hydrogen-bond donors (Lipinski definition) is 2. The molecule has 2 aliphatic rings. The predicted molar refractivity (Wildman–Crippen MR) is 102 cm³/mol. The maximum Gasteiger partial charge on any atom is 0.220 e. The van der Waals surface area contributed by atoms with Gasteiger partial charge in [-0.1, -0.05) is 31.2 Å². The molecule has 1 aromatic carbocycles. The molecule has 1 unspecified atom stereocenters. The van der Waals surface area contributed by atoms with Crippen LogP contribution in [-0.4, -0.2) is 43.5 Å². The van der Waals surface area contributed by atoms with Crippen LogP contribution in [0.5, 0.6) is 0 Å². The van der Waals surface area contributed by atoms with Gasteiger partial charge >= 0.3 is 0 Å². The highest BCUT2D eigenvalue weighted by Crippen LogP contribution is 2.24. The SMILES string of the molecule is CC(CC(=O)NCCCN1CCc2ccccc2C1)C1CCNCC1. The van der Waals surface area contributed by atoms with Crippen LogP contribution in [0, 0.1) is 11.8 Å². The highest BCUT2D eigenvalue weighted by Gasteiger charge is 2.22. The van der Waals surface area contributed by atoms with Gasteiger partial charge in [-0.15, -0.1) is 0 Å². The van der Waals surface area contributed by atoms with Crippen molar-refractivity contribution in [1.82, 2.24) is 15.5 Å². The van der Waals surface area contributed by atoms with Crippen LogP contribution in [0.25, 0.3) is 0 Å². The first-order chi connectivity index (χ1) is 12.2. The molecule has 0 saturated carbocycles. The molecule has 1 saturated heterocycles. The molecule has 1 fully saturated rings. The average Bonchev–Trinajstić information content (AvgIpc) is 2.66. The first-order valence-electron chi connectivity index (χ1n) is 9.99. The summed E-state index contributed by atoms with van der Waals surface area (Å²) in [5, 5.41) is 6.53. The topological polar surface area (TPSA) is 44.4 Å². The molecule has 0 spiro atoms. The highest BCUT2D eigenvalue weighted by molar-refractivity contribution is 5.76. The first kappa shape index (κ1) is 18.4. The Morgan fingerprint density at radius 2 is 2.04 bits per heavy atom. The van der Waals surface area contributed by atoms with E-state index in [2.05, 4.69) is 46.7 Å². The van der Waals surface area contributed by atoms with Crippen molar-refractivity contribution in [1.29, 1.82) is 0 Å². The quantitative estimate of drug-likeness (QED) is 0.748. The maximum absolute atomic E-state index is 12.2. The third-order valence-electron chi connectivity index (χ3n) is 5.88. The molecule has 3 rings (SSSR count). The van der Waals surface area contributed by atoms with E-state index >= 15 is 0 Å². The van der Waals surface area contributed by atoms with Gasteiger partial charge < -0.3 is 10.6 Å². The zero-order valence-corrected chi connectivity index (χ0v) is 15.6. The number of nitrogens with one attached hydrogen (secondary N) is 2. The van der Waals surface area contributed by atoms with Gasteiger partial charge in [0, 0.05) is 32.6 Å². The normalized spacial score (nSPS) is 20.0. The summed E-state index contributed by atoms with van der Waals surface area (Å²) in [4.78, 5) is 14.7. The average molecular weight is 344 g/mol. The third kappa shape index (κ3) is 5.55. The van der Waals surface area contributed by atoms with E-state index in [-0.39, 0.29) is 5.91 Å². The Kier molecular flexibility index (Phi) is 6.88. The minimum Gasteiger partial charge on any atom is -0.356 e. The standard InChI is InChI=1S/C21H33N3O/c1-17(18-7-11-22-12-8-18)15-21(25)23-10-4-13-24-14-9-19-5-2-3-6-20(19)16-24/h2-3,5-6,17-18,22H,4,7-16H2,1H3,(H,23,25). The van der Waals surface area contributed by atoms with E-state index in [1.54, 1.807) is 0 Å². The fraction of sp³-hybridized carbons (Fsp3) is 0.667. The van der Waals surface area contributed by atoms with Crippen molar-refractivity contribution in [2.75, 3.05) is 32.7 Å². The second-order valence-electron chi connectivity index (χ2n) is 7.77. The van der Waals surface area contributed by atoms with Gasteiger partial charge in [-0.3, -0.25) is 9.69 Å². The number of nitrogens with zero attached hydrogens (tertiary/aromatic N) is 1. The summed E-state index contributed by atoms with van der Waals surface area (Å²) in [5.41, 5.74) is 2.97. The first-order valence-corrected chi connectivity index (χ1v) is 9.99. The van der Waals surface area contributed by atoms with E-state index in [9.17, 15) is 4.79 Å². The Labute approximate surface area is 152 Å². The number of piperidine rings is 1. The number of rotatable bonds is 7. The van der Waals surface area contributed by atoms with Crippen LogP contribution in [0.1, 0.15) is 43.7 Å². The lowest BCUT2D eigenvalue weighted by Crippen LogP contribution is -2.35. The van der Waals surface area contributed by atoms with E-state index in [4.69, 9.17) is 0 Å². The molecule has 0 aromatic heterocycles. The molecule has 0 aliphatic carbocycles. The Bertz CT molecular complexity index is 554. The molecule has 2 heterocycles. The zero-order chi connectivity index (χ0) is 17.5. The van der Waals surface area contributed by atoms with Crippen LogP contribution in [-0.2, 0) is 17.8 Å². The van der Waals surface area contributed by atoms with E-state index < -0.39 is 0 Å². The van der Waals surface area contributed by atoms with E-state index in [1.165, 1.54) is 24.0 Å². The molecule has 1 atom stereocenters. The van der Waals surface area contributed by atoms with Crippen LogP contribution in [0.2, 0.25) is 0 Å². The van der Waals surface area contributed by atoms with Crippen LogP contribution < -0.4 is 10.6 Å². The van der Waals surface area contributed by atoms with Crippen LogP contribution in [0.4, 0.5) is 0 Å². The van der Waals surface area contributed by atoms with Crippen molar-refractivity contribution in [3.8, 4) is 0 Å². The predicted octanol–water partition coefficient (Wildman–Crippen LogP) is 2.58. The summed E-state index contributed by atoms with van der Waals surface area (Å²) in [5.74, 6) is 1.44. The Morgan fingerprint density at radius 1 is 1.28 bits per heavy atom. The minimum absolute atomic E-state index is 0.232. The molecule has 0 radical (unpaired) electrons. The smallest absolute Gasteiger partial charge is 0.220 e. The van der Waals surface area contributed by atoms with Crippen molar-refractivity contribution in [2.45, 2.75) is 45.6 Å². The van der Waals surface area contributed by atoms with Crippen LogP contribution in [0.15, 0.2) is 24.3 Å². The molecule has 25 heavy (non-hydrogen) atoms. The molecule has 2 aliphatic heterocycles. The zero-order valence-electron chi connectivity index (χ0n) is 15.6. The summed E-state index contributed by atoms with van der Waals surface area (Å²) in [7, 11) is 0. The van der Waals surface area contributed by atoms with Gasteiger partial charge in [0.05, 0.1) is 0 Å². The van der Waals surface area contributed by atoms with E-state index in [1.807, 2.05) is 0 Å². The summed E-state index contributed by atoms with van der Waals surface area (Å²) >= 11 is 0. The lowest BCUT2D eigenvalue weighted by Gasteiger charge is -2.29. The molecule has 2 N–H and O–H groups in total. The number of benzene rings is 1. The molecule has 4 nitrogen and oxygen atoms in total. The summed E-state index contributed by atoms with van der Waals surface area (Å²) < 4.78 is 0. The van der Waals surface area contributed by atoms with Gasteiger partial charge in [0.1, 0.15) is 0 Å². The molecular weight excluding hydrogens is 310 g/mol. The van der Waals surface area contributed by atoms with Crippen molar-refractivity contribution < 1.29 is 4.79 Å². The minimum atomic E-state index is 0.232. The van der Waals surface area contributed by atoms with Gasteiger partial charge in [0.2, 0.25) is 5.91 Å². The number of carbonyl (C=O) groups excluding carboxylic acids is 1. The summed E-state index contributed by atoms with van der Waals surface area (Å²) in [6.45, 7) is 8.51. The van der Waals surface area contributed by atoms with Crippen LogP contribution >= 0.6 is 0 Å². The number of amides is 1. The lowest BCUT2D eigenvalue weighted by molar-refractivity contribution is -0.122. The number of fused-ring (bicyclic) bond motifs is 1. The van der Waals surface area contributed by atoms with Crippen molar-refractivity contribution in [3.05, 3.63) is 35.4 Å². The van der Waals surface area contributed by atoms with Gasteiger partial charge in [-0.05, 0) is 61.7 Å². The summed E-state index contributed by atoms with van der Waals surface area (Å²) in [6.07, 6.45) is 5.30. The van der Waals surface area contributed by atoms with Crippen LogP contribution in [0.3, 0.4) is 0 Å². The third-order valence-corrected chi connectivity index (χ3v) is 5.88. The van der Waals surface area contributed by atoms with Gasteiger partial charge in [-0.25, -0.2) is 0 Å². The second kappa shape index (κ2) is 9.35. The molecular formula is C21H33N3O. The number of carbonyl (C=O) groups is 1. The van der Waals surface area contributed by atoms with Gasteiger partial charge in [-0.2, -0.15) is 0 Å². The fourth-order valence-corrected chi connectivity index (χ4v) is 4.22. The summed E-state index contributed by atoms with van der Waals surface area (Å²) in [6, 6.07) is 8.75. The van der Waals surface area contributed by atoms with Crippen molar-refractivity contribution in [2.24, 2.45) is 11.8 Å². The molecule has 4 heteroatoms. The molecule has 0 bridgehead atoms. The lowest BCUT2D eigenvalue weighted by atomic mass is 9.84. The molecule has 138 valence electrons. The second-order valence-corrected chi connectivity index (χ2v) is 7.77. The largest absolute Gasteiger partial charge is 0.356 e. The number of hydrogen-bond acceptors (Lipinski definition) is 3.